The van der Waals surface area contributed by atoms with Gasteiger partial charge in [-0.25, -0.2) is 19.9 Å². The average Bonchev–Trinajstić information content (AvgIpc) is 1.11. The number of fused-ring (bicyclic) bond motifs is 4. The van der Waals surface area contributed by atoms with Crippen molar-refractivity contribution in [2.45, 2.75) is 176 Å². The minimum atomic E-state index is -0.292. The summed E-state index contributed by atoms with van der Waals surface area (Å²) in [4.78, 5) is 132. The van der Waals surface area contributed by atoms with Crippen LogP contribution in [0.15, 0.2) is 146 Å². The third-order valence-electron chi connectivity index (χ3n) is 24.3. The van der Waals surface area contributed by atoms with Crippen LogP contribution in [0.1, 0.15) is 186 Å². The molecule has 128 heavy (non-hydrogen) atoms. The normalized spacial score (nSPS) is 16.4. The lowest BCUT2D eigenvalue weighted by molar-refractivity contribution is -0.116. The maximum atomic E-state index is 12.8. The highest BCUT2D eigenvalue weighted by molar-refractivity contribution is 6.06. The molecule has 4 aromatic heterocycles. The summed E-state index contributed by atoms with van der Waals surface area (Å²) in [7, 11) is 5.03. The number of benzene rings is 4. The van der Waals surface area contributed by atoms with Gasteiger partial charge in [0.25, 0.3) is 11.8 Å². The largest absolute Gasteiger partial charge is 0.461 e. The second-order valence-electron chi connectivity index (χ2n) is 34.2. The Morgan fingerprint density at radius 3 is 1.04 bits per heavy atom. The first kappa shape index (κ1) is 93.2. The van der Waals surface area contributed by atoms with Gasteiger partial charge in [-0.2, -0.15) is 19.9 Å². The predicted molar refractivity (Wildman–Crippen MR) is 501 cm³/mol. The average molecular weight is 1740 g/mol. The Morgan fingerprint density at radius 1 is 0.391 bits per heavy atom. The molecule has 4 saturated heterocycles. The minimum absolute atomic E-state index is 0.0373. The molecule has 4 fully saturated rings. The van der Waals surface area contributed by atoms with E-state index in [4.69, 9.17) is 37.4 Å². The third kappa shape index (κ3) is 23.5. The van der Waals surface area contributed by atoms with E-state index in [-0.39, 0.29) is 95.7 Å². The molecule has 0 atom stereocenters. The molecular formula is C97H125N23O8. The van der Waals surface area contributed by atoms with Crippen LogP contribution in [0.3, 0.4) is 0 Å². The maximum Gasteiger partial charge on any atom is 0.320 e. The number of anilines is 9. The Hall–Kier alpha value is -12.4. The lowest BCUT2D eigenvalue weighted by atomic mass is 10.0. The summed E-state index contributed by atoms with van der Waals surface area (Å²) in [5.41, 5.74) is 38.0. The van der Waals surface area contributed by atoms with Crippen LogP contribution in [0.4, 0.5) is 52.5 Å². The SMILES string of the molecule is C=C1C(=O)Cc2c(N)nc(C(=O)N(C)CCC)nc2N1Cc1ccc(CN2CCCC2)cc1.C=C1C(=O)Cc2c(N)nc(C(=O)N(C)CCC)nc2N1Cc1cccc(CN2CCCC2)c1.C=C1C(=O)Cc2c(N)nc(NCCCC)nc2N1Cc1cccc(CN2CCCC2)c1.C=C1C(=O)Cc2c(N)nc(OCCOC)nc2N1Cc1cccc(CN2CCCC2)c1. The summed E-state index contributed by atoms with van der Waals surface area (Å²) < 4.78 is 10.6. The van der Waals surface area contributed by atoms with E-state index < -0.39 is 0 Å². The number of amides is 2. The van der Waals surface area contributed by atoms with Crippen molar-refractivity contribution in [3.8, 4) is 6.01 Å². The van der Waals surface area contributed by atoms with Crippen molar-refractivity contribution in [2.24, 2.45) is 0 Å². The Morgan fingerprint density at radius 2 is 0.695 bits per heavy atom. The molecular weight excluding hydrogens is 1620 g/mol. The lowest BCUT2D eigenvalue weighted by Gasteiger charge is -2.32. The number of rotatable bonds is 30. The van der Waals surface area contributed by atoms with E-state index in [0.29, 0.717) is 133 Å². The van der Waals surface area contributed by atoms with E-state index in [9.17, 15) is 28.8 Å². The molecule has 2 amide bonds. The molecule has 0 saturated carbocycles. The van der Waals surface area contributed by atoms with Gasteiger partial charge in [0, 0.05) is 141 Å². The molecule has 31 heteroatoms. The molecule has 8 aliphatic heterocycles. The first-order valence-corrected chi connectivity index (χ1v) is 45.1. The van der Waals surface area contributed by atoms with Crippen LogP contribution in [-0.4, -0.2) is 211 Å². The fourth-order valence-electron chi connectivity index (χ4n) is 17.3. The molecule has 0 bridgehead atoms. The first-order valence-electron chi connectivity index (χ1n) is 45.1. The van der Waals surface area contributed by atoms with Gasteiger partial charge in [-0.1, -0.05) is 151 Å². The molecule has 0 unspecified atom stereocenters. The number of aromatic nitrogens is 8. The molecule has 9 N–H and O–H groups in total. The minimum Gasteiger partial charge on any atom is -0.461 e. The van der Waals surface area contributed by atoms with Gasteiger partial charge in [0.1, 0.15) is 53.1 Å². The number of ether oxygens (including phenoxy) is 2. The van der Waals surface area contributed by atoms with E-state index in [0.717, 1.165) is 120 Å². The maximum absolute atomic E-state index is 12.8. The number of unbranched alkanes of at least 4 members (excludes halogenated alkanes) is 1. The standard InChI is InChI=1S/2C25H32N6O2.C24H32N6O.C23H29N5O3/c1-4-11-29(3)25(33)23-27-22(26)20-14-21(32)17(2)31(24(20)28-23)16-19-9-7-18(8-10-19)15-30-12-5-6-13-30;1-4-10-29(3)25(33)23-27-22(26)20-14-21(32)17(2)31(24(20)28-23)16-19-9-7-8-18(13-19)15-30-11-5-6-12-30;1-3-4-10-26-24-27-22(25)20-14-21(31)17(2)30(23(20)28-24)16-19-9-7-8-18(13-19)15-29-11-5-6-12-29;1-16-20(29)13-19-21(24)25-23(31-11-10-30-2)26-22(19)28(16)15-18-7-5-6-17(12-18)14-27-8-3-4-9-27/h7-10H,2,4-6,11-16H2,1,3H3,(H2,26,27,28);7-9,13H,2,4-6,10-12,14-16H2,1,3H3,(H2,26,27,28);7-9,13H,2-6,10-12,14-16H2,1H3,(H3,25,26,27,28);5-7,12H,1,3-4,8-11,13-15H2,2H3,(H2,24,25,26). The molecule has 0 aliphatic carbocycles. The van der Waals surface area contributed by atoms with Crippen molar-refractivity contribution in [2.75, 3.05) is 154 Å². The fraction of sp³-hybridized carbons (Fsp3) is 0.443. The number of hydrogen-bond donors (Lipinski definition) is 5. The number of carbonyl (C=O) groups excluding carboxylic acids is 6. The molecule has 16 rings (SSSR count). The molecule has 0 spiro atoms. The fourth-order valence-corrected chi connectivity index (χ4v) is 17.3. The number of nitrogens with zero attached hydrogens (tertiary/aromatic N) is 18. The van der Waals surface area contributed by atoms with Crippen LogP contribution >= 0.6 is 0 Å². The number of nitrogen functional groups attached to an aromatic ring is 4. The van der Waals surface area contributed by atoms with E-state index in [2.05, 4.69) is 178 Å². The Labute approximate surface area is 751 Å². The number of nitrogens with one attached hydrogen (secondary N) is 1. The van der Waals surface area contributed by atoms with Crippen LogP contribution in [0, 0.1) is 0 Å². The number of nitrogens with two attached hydrogens (primary N) is 4. The predicted octanol–water partition coefficient (Wildman–Crippen LogP) is 11.4. The van der Waals surface area contributed by atoms with E-state index >= 15 is 0 Å². The second-order valence-corrected chi connectivity index (χ2v) is 34.2. The van der Waals surface area contributed by atoms with E-state index in [1.807, 2.05) is 35.8 Å². The number of ketones is 4. The van der Waals surface area contributed by atoms with Crippen LogP contribution < -0.4 is 52.6 Å². The number of likely N-dealkylation sites (tertiary alicyclic amines) is 4. The van der Waals surface area contributed by atoms with Gasteiger partial charge in [-0.05, 0) is 167 Å². The Kier molecular flexibility index (Phi) is 31.9. The monoisotopic (exact) mass is 1740 g/mol. The molecule has 0 radical (unpaired) electrons. The van der Waals surface area contributed by atoms with Crippen molar-refractivity contribution in [3.63, 3.8) is 0 Å². The lowest BCUT2D eigenvalue weighted by Crippen LogP contribution is -2.36. The highest BCUT2D eigenvalue weighted by atomic mass is 16.5. The number of allylic oxidation sites excluding steroid dienone is 4. The van der Waals surface area contributed by atoms with Crippen molar-refractivity contribution >= 4 is 87.4 Å². The van der Waals surface area contributed by atoms with Crippen molar-refractivity contribution in [1.29, 1.82) is 0 Å². The summed E-state index contributed by atoms with van der Waals surface area (Å²) in [6.45, 7) is 39.8. The van der Waals surface area contributed by atoms with E-state index in [1.54, 1.807) is 40.8 Å². The number of Topliss-reactive ketones (excluding diaryl/α,β-unsaturated/α-hetero) is 4. The summed E-state index contributed by atoms with van der Waals surface area (Å²) in [5, 5.41) is 3.25. The smallest absolute Gasteiger partial charge is 0.320 e. The molecule has 31 nitrogen and oxygen atoms in total. The Balaban J connectivity index is 0.000000146. The zero-order valence-electron chi connectivity index (χ0n) is 75.4. The van der Waals surface area contributed by atoms with Gasteiger partial charge in [0.05, 0.1) is 29.4 Å². The molecule has 12 heterocycles. The van der Waals surface area contributed by atoms with Crippen molar-refractivity contribution in [1.82, 2.24) is 69.3 Å². The summed E-state index contributed by atoms with van der Waals surface area (Å²) in [5.74, 6) is 2.83. The van der Waals surface area contributed by atoms with Crippen LogP contribution in [0.5, 0.6) is 6.01 Å². The van der Waals surface area contributed by atoms with E-state index in [1.165, 1.54) is 86.7 Å². The first-order chi connectivity index (χ1) is 61.8. The highest BCUT2D eigenvalue weighted by Crippen LogP contribution is 2.39. The van der Waals surface area contributed by atoms with Gasteiger partial charge in [0.2, 0.25) is 17.6 Å². The van der Waals surface area contributed by atoms with Gasteiger partial charge in [-0.15, -0.1) is 0 Å². The van der Waals surface area contributed by atoms with Crippen LogP contribution in [0.25, 0.3) is 0 Å². The summed E-state index contributed by atoms with van der Waals surface area (Å²) >= 11 is 0. The molecule has 8 aromatic rings. The Bertz CT molecular complexity index is 5230. The van der Waals surface area contributed by atoms with Gasteiger partial charge >= 0.3 is 6.01 Å². The quantitative estimate of drug-likeness (QED) is 0.0206. The van der Waals surface area contributed by atoms with Gasteiger partial charge in [-0.3, -0.25) is 48.4 Å². The second kappa shape index (κ2) is 43.9. The molecule has 4 aromatic carbocycles. The number of hydrogen-bond acceptors (Lipinski definition) is 29. The number of carbonyl (C=O) groups is 6. The van der Waals surface area contributed by atoms with Gasteiger partial charge in [0.15, 0.2) is 23.1 Å². The third-order valence-corrected chi connectivity index (χ3v) is 24.3. The van der Waals surface area contributed by atoms with Crippen molar-refractivity contribution in [3.05, 3.63) is 225 Å². The summed E-state index contributed by atoms with van der Waals surface area (Å²) in [6.07, 6.45) is 14.4. The van der Waals surface area contributed by atoms with Crippen LogP contribution in [-0.2, 0) is 102 Å². The summed E-state index contributed by atoms with van der Waals surface area (Å²) in [6, 6.07) is 34.0. The molecule has 676 valence electrons. The zero-order valence-corrected chi connectivity index (χ0v) is 75.4. The van der Waals surface area contributed by atoms with Gasteiger partial charge < -0.3 is 67.1 Å². The topological polar surface area (TPSA) is 373 Å². The zero-order chi connectivity index (χ0) is 90.7. The highest BCUT2D eigenvalue weighted by Gasteiger charge is 2.37. The number of methoxy groups -OCH3 is 1. The van der Waals surface area contributed by atoms with Crippen LogP contribution in [0.2, 0.25) is 0 Å². The van der Waals surface area contributed by atoms with Crippen molar-refractivity contribution < 1.29 is 38.2 Å². The molecule has 8 aliphatic rings.